The van der Waals surface area contributed by atoms with E-state index >= 15 is 0 Å². The third-order valence-electron chi connectivity index (χ3n) is 3.87. The van der Waals surface area contributed by atoms with E-state index in [1.165, 1.54) is 6.07 Å². The lowest BCUT2D eigenvalue weighted by atomic mass is 10.2. The molecule has 2 rings (SSSR count). The highest BCUT2D eigenvalue weighted by Gasteiger charge is 2.20. The second kappa shape index (κ2) is 8.98. The van der Waals surface area contributed by atoms with Gasteiger partial charge in [-0.1, -0.05) is 18.2 Å². The molecule has 0 amide bonds. The Balaban J connectivity index is 1.81. The lowest BCUT2D eigenvalue weighted by Crippen LogP contribution is -2.45. The van der Waals surface area contributed by atoms with Crippen molar-refractivity contribution in [3.8, 4) is 0 Å². The maximum Gasteiger partial charge on any atom is 0.191 e. The van der Waals surface area contributed by atoms with Gasteiger partial charge >= 0.3 is 0 Å². The van der Waals surface area contributed by atoms with Gasteiger partial charge in [-0.3, -0.25) is 4.90 Å². The van der Waals surface area contributed by atoms with Crippen LogP contribution >= 0.6 is 0 Å². The molecule has 1 aliphatic heterocycles. The van der Waals surface area contributed by atoms with Crippen LogP contribution in [0, 0.1) is 5.82 Å². The largest absolute Gasteiger partial charge is 0.357 e. The lowest BCUT2D eigenvalue weighted by Gasteiger charge is -2.26. The molecular weight excluding hydrogens is 331 g/mol. The lowest BCUT2D eigenvalue weighted by molar-refractivity contribution is 0.299. The summed E-state index contributed by atoms with van der Waals surface area (Å²) < 4.78 is 36.4. The zero-order valence-corrected chi connectivity index (χ0v) is 14.8. The van der Waals surface area contributed by atoms with Crippen molar-refractivity contribution in [3.63, 3.8) is 0 Å². The van der Waals surface area contributed by atoms with Crippen molar-refractivity contribution in [3.05, 3.63) is 35.6 Å². The molecule has 0 atom stereocenters. The van der Waals surface area contributed by atoms with Crippen LogP contribution in [0.5, 0.6) is 0 Å². The molecule has 1 heterocycles. The molecule has 0 unspecified atom stereocenters. The van der Waals surface area contributed by atoms with Crippen molar-refractivity contribution in [2.75, 3.05) is 44.2 Å². The van der Waals surface area contributed by atoms with Crippen LogP contribution in [0.2, 0.25) is 0 Å². The predicted octanol–water partition coefficient (Wildman–Crippen LogP) is 0.611. The predicted molar refractivity (Wildman–Crippen MR) is 94.3 cm³/mol. The summed E-state index contributed by atoms with van der Waals surface area (Å²) in [5.41, 5.74) is 0.552. The van der Waals surface area contributed by atoms with Crippen molar-refractivity contribution in [2.45, 2.75) is 13.5 Å². The van der Waals surface area contributed by atoms with Crippen LogP contribution in [0.1, 0.15) is 12.5 Å². The first-order valence-corrected chi connectivity index (χ1v) is 10.0. The first-order valence-electron chi connectivity index (χ1n) is 8.18. The van der Waals surface area contributed by atoms with Crippen molar-refractivity contribution in [1.29, 1.82) is 0 Å². The molecule has 1 saturated heterocycles. The van der Waals surface area contributed by atoms with Gasteiger partial charge in [-0.15, -0.1) is 0 Å². The third kappa shape index (κ3) is 6.09. The standard InChI is InChI=1S/C16H25FN4O2S/c1-2-18-16(20-13-14-5-3-4-6-15(14)17)19-7-8-21-9-11-24(22,23)12-10-21/h3-6H,2,7-13H2,1H3,(H2,18,19,20). The molecular formula is C16H25FN4O2S. The van der Waals surface area contributed by atoms with Gasteiger partial charge in [0.25, 0.3) is 0 Å². The first-order chi connectivity index (χ1) is 11.5. The van der Waals surface area contributed by atoms with Crippen LogP contribution in [0.3, 0.4) is 0 Å². The maximum atomic E-state index is 13.6. The van der Waals surface area contributed by atoms with Crippen molar-refractivity contribution in [2.24, 2.45) is 4.99 Å². The molecule has 1 aliphatic rings. The van der Waals surface area contributed by atoms with E-state index in [0.29, 0.717) is 37.7 Å². The molecule has 1 aromatic rings. The number of halogens is 1. The highest BCUT2D eigenvalue weighted by Crippen LogP contribution is 2.07. The van der Waals surface area contributed by atoms with Gasteiger partial charge in [0.1, 0.15) is 5.82 Å². The molecule has 0 aliphatic carbocycles. The minimum Gasteiger partial charge on any atom is -0.357 e. The van der Waals surface area contributed by atoms with Gasteiger partial charge in [-0.25, -0.2) is 17.8 Å². The summed E-state index contributed by atoms with van der Waals surface area (Å²) in [6, 6.07) is 6.59. The average molecular weight is 356 g/mol. The molecule has 1 fully saturated rings. The third-order valence-corrected chi connectivity index (χ3v) is 5.48. The van der Waals surface area contributed by atoms with Crippen LogP contribution < -0.4 is 10.6 Å². The fourth-order valence-electron chi connectivity index (χ4n) is 2.44. The SMILES string of the molecule is CCNC(=NCc1ccccc1F)NCCN1CCS(=O)(=O)CC1. The van der Waals surface area contributed by atoms with E-state index in [0.717, 1.165) is 6.54 Å². The monoisotopic (exact) mass is 356 g/mol. The topological polar surface area (TPSA) is 73.8 Å². The quantitative estimate of drug-likeness (QED) is 0.577. The summed E-state index contributed by atoms with van der Waals surface area (Å²) in [6.45, 7) is 5.51. The minimum atomic E-state index is -2.84. The van der Waals surface area contributed by atoms with E-state index < -0.39 is 9.84 Å². The normalized spacial score (nSPS) is 18.3. The van der Waals surface area contributed by atoms with E-state index in [2.05, 4.69) is 20.5 Å². The number of hydrogen-bond acceptors (Lipinski definition) is 4. The van der Waals surface area contributed by atoms with Crippen molar-refractivity contribution < 1.29 is 12.8 Å². The molecule has 6 nitrogen and oxygen atoms in total. The Bertz CT molecular complexity index is 650. The van der Waals surface area contributed by atoms with Crippen LogP contribution in [-0.2, 0) is 16.4 Å². The second-order valence-corrected chi connectivity index (χ2v) is 8.01. The molecule has 2 N–H and O–H groups in total. The number of rotatable bonds is 6. The highest BCUT2D eigenvalue weighted by molar-refractivity contribution is 7.91. The van der Waals surface area contributed by atoms with Crippen molar-refractivity contribution >= 4 is 15.8 Å². The number of guanidine groups is 1. The second-order valence-electron chi connectivity index (χ2n) is 5.71. The van der Waals surface area contributed by atoms with Crippen molar-refractivity contribution in [1.82, 2.24) is 15.5 Å². The van der Waals surface area contributed by atoms with Gasteiger partial charge in [-0.05, 0) is 13.0 Å². The molecule has 8 heteroatoms. The summed E-state index contributed by atoms with van der Waals surface area (Å²) in [7, 11) is -2.84. The van der Waals surface area contributed by atoms with Gasteiger partial charge in [0.15, 0.2) is 15.8 Å². The van der Waals surface area contributed by atoms with E-state index in [4.69, 9.17) is 0 Å². The Morgan fingerprint density at radius 1 is 1.25 bits per heavy atom. The maximum absolute atomic E-state index is 13.6. The Hall–Kier alpha value is -1.67. The van der Waals surface area contributed by atoms with Gasteiger partial charge in [0, 0.05) is 38.3 Å². The number of nitrogens with zero attached hydrogens (tertiary/aromatic N) is 2. The number of benzene rings is 1. The van der Waals surface area contributed by atoms with Crippen LogP contribution in [0.25, 0.3) is 0 Å². The minimum absolute atomic E-state index is 0.231. The molecule has 24 heavy (non-hydrogen) atoms. The smallest absolute Gasteiger partial charge is 0.191 e. The van der Waals surface area contributed by atoms with E-state index in [9.17, 15) is 12.8 Å². The van der Waals surface area contributed by atoms with Crippen LogP contribution in [0.4, 0.5) is 4.39 Å². The Labute approximate surface area is 143 Å². The summed E-state index contributed by atoms with van der Waals surface area (Å²) in [5.74, 6) is 0.833. The Morgan fingerprint density at radius 3 is 2.62 bits per heavy atom. The van der Waals surface area contributed by atoms with E-state index in [1.807, 2.05) is 6.92 Å². The number of sulfone groups is 1. The molecule has 1 aromatic carbocycles. The average Bonchev–Trinajstić information content (AvgIpc) is 2.55. The zero-order valence-electron chi connectivity index (χ0n) is 14.0. The summed E-state index contributed by atoms with van der Waals surface area (Å²) in [6.07, 6.45) is 0. The Morgan fingerprint density at radius 2 is 1.96 bits per heavy atom. The summed E-state index contributed by atoms with van der Waals surface area (Å²) in [4.78, 5) is 6.51. The molecule has 0 saturated carbocycles. The first kappa shape index (κ1) is 18.7. The van der Waals surface area contributed by atoms with E-state index in [1.54, 1.807) is 18.2 Å². The van der Waals surface area contributed by atoms with Crippen LogP contribution in [-0.4, -0.2) is 63.5 Å². The molecule has 0 bridgehead atoms. The number of nitrogens with one attached hydrogen (secondary N) is 2. The number of hydrogen-bond donors (Lipinski definition) is 2. The van der Waals surface area contributed by atoms with Gasteiger partial charge < -0.3 is 10.6 Å². The molecule has 0 spiro atoms. The fourth-order valence-corrected chi connectivity index (χ4v) is 3.72. The Kier molecular flexibility index (Phi) is 6.99. The van der Waals surface area contributed by atoms with Gasteiger partial charge in [0.2, 0.25) is 0 Å². The number of aliphatic imine (C=N–C) groups is 1. The molecule has 134 valence electrons. The fraction of sp³-hybridized carbons (Fsp3) is 0.562. The molecule has 0 aromatic heterocycles. The molecule has 0 radical (unpaired) electrons. The van der Waals surface area contributed by atoms with Gasteiger partial charge in [0.05, 0.1) is 18.1 Å². The van der Waals surface area contributed by atoms with Gasteiger partial charge in [-0.2, -0.15) is 0 Å². The summed E-state index contributed by atoms with van der Waals surface area (Å²) >= 11 is 0. The highest BCUT2D eigenvalue weighted by atomic mass is 32.2. The zero-order chi connectivity index (χ0) is 17.4. The van der Waals surface area contributed by atoms with E-state index in [-0.39, 0.29) is 23.9 Å². The van der Waals surface area contributed by atoms with Crippen LogP contribution in [0.15, 0.2) is 29.3 Å². The summed E-state index contributed by atoms with van der Waals surface area (Å²) in [5, 5.41) is 6.33.